The predicted octanol–water partition coefficient (Wildman–Crippen LogP) is 2.17. The van der Waals surface area contributed by atoms with Crippen molar-refractivity contribution in [3.8, 4) is 11.5 Å². The van der Waals surface area contributed by atoms with Crippen LogP contribution in [0.1, 0.15) is 47.4 Å². The van der Waals surface area contributed by atoms with Gasteiger partial charge in [-0.05, 0) is 37.6 Å². The number of phenols is 2. The van der Waals surface area contributed by atoms with Gasteiger partial charge in [0.05, 0.1) is 11.1 Å². The highest BCUT2D eigenvalue weighted by Crippen LogP contribution is 2.32. The van der Waals surface area contributed by atoms with E-state index in [1.54, 1.807) is 0 Å². The number of carbonyl (C=O) groups excluding carboxylic acids is 2. The highest BCUT2D eigenvalue weighted by atomic mass is 16.3. The number of phenolic OH excluding ortho intramolecular Hbond substituents is 2. The maximum Gasteiger partial charge on any atom is 0.190 e. The molecule has 0 radical (unpaired) electrons. The van der Waals surface area contributed by atoms with E-state index in [1.807, 2.05) is 6.92 Å². The van der Waals surface area contributed by atoms with Gasteiger partial charge in [-0.2, -0.15) is 0 Å². The lowest BCUT2D eigenvalue weighted by atomic mass is 9.93. The molecule has 1 aliphatic rings. The van der Waals surface area contributed by atoms with Crippen LogP contribution < -0.4 is 5.73 Å². The fourth-order valence-corrected chi connectivity index (χ4v) is 1.85. The van der Waals surface area contributed by atoms with Gasteiger partial charge in [0.2, 0.25) is 0 Å². The van der Waals surface area contributed by atoms with E-state index in [0.717, 1.165) is 18.6 Å². The Labute approximate surface area is 117 Å². The summed E-state index contributed by atoms with van der Waals surface area (Å²) >= 11 is 0. The molecule has 0 fully saturated rings. The molecule has 5 heteroatoms. The average Bonchev–Trinajstić information content (AvgIpc) is 2.37. The van der Waals surface area contributed by atoms with E-state index in [4.69, 9.17) is 5.73 Å². The molecule has 2 rings (SSSR count). The fraction of sp³-hybridized carbons (Fsp3) is 0.333. The normalized spacial score (nSPS) is 14.3. The Morgan fingerprint density at radius 2 is 1.45 bits per heavy atom. The van der Waals surface area contributed by atoms with Crippen LogP contribution in [0.25, 0.3) is 0 Å². The average molecular weight is 277 g/mol. The number of nitrogens with two attached hydrogens (primary N) is 1. The van der Waals surface area contributed by atoms with Crippen LogP contribution >= 0.6 is 0 Å². The van der Waals surface area contributed by atoms with E-state index in [1.165, 1.54) is 18.6 Å². The van der Waals surface area contributed by atoms with Gasteiger partial charge in [0.25, 0.3) is 0 Å². The Morgan fingerprint density at radius 3 is 1.70 bits per heavy atom. The van der Waals surface area contributed by atoms with Gasteiger partial charge in [0.15, 0.2) is 11.6 Å². The molecule has 0 heterocycles. The maximum atomic E-state index is 11.3. The topological polar surface area (TPSA) is 101 Å². The zero-order valence-corrected chi connectivity index (χ0v) is 11.6. The number of ketones is 2. The van der Waals surface area contributed by atoms with Crippen molar-refractivity contribution in [2.75, 3.05) is 0 Å². The molecule has 0 saturated heterocycles. The monoisotopic (exact) mass is 277 g/mol. The van der Waals surface area contributed by atoms with E-state index >= 15 is 0 Å². The molecule has 4 N–H and O–H groups in total. The van der Waals surface area contributed by atoms with Gasteiger partial charge in [-0.25, -0.2) is 0 Å². The molecule has 5 nitrogen and oxygen atoms in total. The maximum absolute atomic E-state index is 11.3. The van der Waals surface area contributed by atoms with Crippen LogP contribution in [0.2, 0.25) is 0 Å². The lowest BCUT2D eigenvalue weighted by molar-refractivity contribution is 0.0989. The number of rotatable bonds is 2. The van der Waals surface area contributed by atoms with Crippen molar-refractivity contribution < 1.29 is 19.8 Å². The first kappa shape index (κ1) is 15.9. The van der Waals surface area contributed by atoms with Crippen LogP contribution in [0.15, 0.2) is 24.3 Å². The second-order valence-electron chi connectivity index (χ2n) is 4.68. The Morgan fingerprint density at radius 1 is 1.05 bits per heavy atom. The molecule has 0 amide bonds. The fourth-order valence-electron chi connectivity index (χ4n) is 1.85. The number of aromatic hydroxyl groups is 2. The standard InChI is InChI=1S/C10H6O4.C5H13N/c11-5-1-2-6(12)10-8(14)4-3-7(13)9(5)10;1-3-4-5(2)6/h1-4,11-12H;5H,3-4,6H2,1-2H3. The summed E-state index contributed by atoms with van der Waals surface area (Å²) in [6, 6.07) is 2.76. The van der Waals surface area contributed by atoms with Gasteiger partial charge in [-0.15, -0.1) is 0 Å². The van der Waals surface area contributed by atoms with Gasteiger partial charge in [-0.3, -0.25) is 9.59 Å². The molecule has 0 saturated carbocycles. The van der Waals surface area contributed by atoms with E-state index in [0.29, 0.717) is 6.04 Å². The Balaban J connectivity index is 0.000000286. The lowest BCUT2D eigenvalue weighted by Gasteiger charge is -2.11. The summed E-state index contributed by atoms with van der Waals surface area (Å²) in [6.45, 7) is 4.17. The zero-order chi connectivity index (χ0) is 15.3. The van der Waals surface area contributed by atoms with E-state index in [2.05, 4.69) is 6.92 Å². The molecule has 0 aliphatic heterocycles. The number of benzene rings is 1. The SMILES string of the molecule is CCCC(C)N.O=C1C=CC(=O)c2c(O)ccc(O)c21. The van der Waals surface area contributed by atoms with Crippen LogP contribution in [0, 0.1) is 0 Å². The molecule has 0 aromatic heterocycles. The summed E-state index contributed by atoms with van der Waals surface area (Å²) < 4.78 is 0. The van der Waals surface area contributed by atoms with Crippen LogP contribution in [0.3, 0.4) is 0 Å². The number of carbonyl (C=O) groups is 2. The van der Waals surface area contributed by atoms with Crippen molar-refractivity contribution in [2.45, 2.75) is 32.7 Å². The van der Waals surface area contributed by atoms with Crippen LogP contribution in [-0.4, -0.2) is 27.8 Å². The van der Waals surface area contributed by atoms with Gasteiger partial charge in [0, 0.05) is 6.04 Å². The third-order valence-electron chi connectivity index (χ3n) is 2.78. The molecule has 1 atom stereocenters. The summed E-state index contributed by atoms with van der Waals surface area (Å²) in [5, 5.41) is 18.7. The Hall–Kier alpha value is -2.14. The smallest absolute Gasteiger partial charge is 0.190 e. The number of fused-ring (bicyclic) bond motifs is 1. The second kappa shape index (κ2) is 6.86. The summed E-state index contributed by atoms with van der Waals surface area (Å²) in [5.74, 6) is -1.54. The minimum Gasteiger partial charge on any atom is -0.507 e. The Bertz CT molecular complexity index is 504. The van der Waals surface area contributed by atoms with E-state index in [9.17, 15) is 19.8 Å². The van der Waals surface area contributed by atoms with E-state index in [-0.39, 0.29) is 22.6 Å². The summed E-state index contributed by atoms with van der Waals surface area (Å²) in [5.41, 5.74) is 5.15. The van der Waals surface area contributed by atoms with Crippen molar-refractivity contribution in [2.24, 2.45) is 5.73 Å². The van der Waals surface area contributed by atoms with Crippen molar-refractivity contribution in [1.29, 1.82) is 0 Å². The van der Waals surface area contributed by atoms with E-state index < -0.39 is 11.6 Å². The van der Waals surface area contributed by atoms with Crippen LogP contribution in [-0.2, 0) is 0 Å². The number of hydrogen-bond acceptors (Lipinski definition) is 5. The summed E-state index contributed by atoms with van der Waals surface area (Å²) in [6.07, 6.45) is 4.51. The minimum atomic E-state index is -0.479. The molecule has 108 valence electrons. The predicted molar refractivity (Wildman–Crippen MR) is 76.1 cm³/mol. The number of allylic oxidation sites excluding steroid dienone is 2. The van der Waals surface area contributed by atoms with Crippen LogP contribution in [0.5, 0.6) is 11.5 Å². The molecule has 1 aliphatic carbocycles. The molecule has 1 unspecified atom stereocenters. The quantitative estimate of drug-likeness (QED) is 0.719. The molecule has 20 heavy (non-hydrogen) atoms. The molecule has 1 aromatic carbocycles. The lowest BCUT2D eigenvalue weighted by Crippen LogP contribution is -2.13. The van der Waals surface area contributed by atoms with Gasteiger partial charge in [0.1, 0.15) is 11.5 Å². The van der Waals surface area contributed by atoms with Gasteiger partial charge >= 0.3 is 0 Å². The summed E-state index contributed by atoms with van der Waals surface area (Å²) in [7, 11) is 0. The first-order valence-electron chi connectivity index (χ1n) is 6.45. The second-order valence-corrected chi connectivity index (χ2v) is 4.68. The Kier molecular flexibility index (Phi) is 5.46. The van der Waals surface area contributed by atoms with Crippen molar-refractivity contribution in [3.05, 3.63) is 35.4 Å². The molecular weight excluding hydrogens is 258 g/mol. The summed E-state index contributed by atoms with van der Waals surface area (Å²) in [4.78, 5) is 22.6. The third-order valence-corrected chi connectivity index (χ3v) is 2.78. The largest absolute Gasteiger partial charge is 0.507 e. The first-order valence-corrected chi connectivity index (χ1v) is 6.45. The molecular formula is C15H19NO4. The van der Waals surface area contributed by atoms with Crippen molar-refractivity contribution in [1.82, 2.24) is 0 Å². The first-order chi connectivity index (χ1) is 9.38. The highest BCUT2D eigenvalue weighted by Gasteiger charge is 2.25. The third kappa shape index (κ3) is 3.68. The number of hydrogen-bond donors (Lipinski definition) is 3. The van der Waals surface area contributed by atoms with Gasteiger partial charge < -0.3 is 15.9 Å². The zero-order valence-electron chi connectivity index (χ0n) is 11.6. The van der Waals surface area contributed by atoms with Crippen molar-refractivity contribution in [3.63, 3.8) is 0 Å². The highest BCUT2D eigenvalue weighted by molar-refractivity contribution is 6.24. The van der Waals surface area contributed by atoms with Gasteiger partial charge in [-0.1, -0.05) is 13.3 Å². The minimum absolute atomic E-state index is 0.127. The molecule has 0 bridgehead atoms. The van der Waals surface area contributed by atoms with Crippen molar-refractivity contribution >= 4 is 11.6 Å². The molecule has 1 aromatic rings. The molecule has 0 spiro atoms. The van der Waals surface area contributed by atoms with Crippen LogP contribution in [0.4, 0.5) is 0 Å².